The summed E-state index contributed by atoms with van der Waals surface area (Å²) < 4.78 is 4.86. The molecule has 5 heteroatoms. The van der Waals surface area contributed by atoms with Crippen molar-refractivity contribution in [1.82, 2.24) is 5.32 Å². The van der Waals surface area contributed by atoms with Crippen molar-refractivity contribution in [2.24, 2.45) is 0 Å². The van der Waals surface area contributed by atoms with E-state index in [0.717, 1.165) is 0 Å². The molecular formula is C29H31NO3S. The second-order valence-corrected chi connectivity index (χ2v) is 11.1. The van der Waals surface area contributed by atoms with Crippen molar-refractivity contribution < 1.29 is 14.3 Å². The number of thioether (sulfide) groups is 1. The van der Waals surface area contributed by atoms with Crippen molar-refractivity contribution in [3.8, 4) is 0 Å². The molecule has 0 radical (unpaired) electrons. The number of carbonyl (C=O) groups is 2. The van der Waals surface area contributed by atoms with Gasteiger partial charge in [0.15, 0.2) is 0 Å². The van der Waals surface area contributed by atoms with E-state index in [4.69, 9.17) is 4.74 Å². The summed E-state index contributed by atoms with van der Waals surface area (Å²) in [7, 11) is 0. The van der Waals surface area contributed by atoms with Gasteiger partial charge in [-0.2, -0.15) is 0 Å². The predicted molar refractivity (Wildman–Crippen MR) is 138 cm³/mol. The Morgan fingerprint density at radius 3 is 1.65 bits per heavy atom. The second kappa shape index (κ2) is 10.2. The Kier molecular flexibility index (Phi) is 7.24. The van der Waals surface area contributed by atoms with Crippen molar-refractivity contribution in [3.05, 3.63) is 108 Å². The Bertz CT molecular complexity index is 1010. The lowest BCUT2D eigenvalue weighted by molar-refractivity contribution is -0.163. The van der Waals surface area contributed by atoms with Crippen molar-refractivity contribution in [2.45, 2.75) is 48.8 Å². The maximum atomic E-state index is 12.8. The monoisotopic (exact) mass is 473 g/mol. The molecule has 0 spiro atoms. The van der Waals surface area contributed by atoms with E-state index >= 15 is 0 Å². The van der Waals surface area contributed by atoms with Crippen molar-refractivity contribution in [2.75, 3.05) is 6.54 Å². The van der Waals surface area contributed by atoms with Crippen molar-refractivity contribution >= 4 is 23.5 Å². The van der Waals surface area contributed by atoms with Crippen LogP contribution in [-0.2, 0) is 19.1 Å². The standard InChI is InChI=1S/C29H31NO3S/c1-28(2,3)33-27(32)26(31)25-19-24(20-30-25)34-29(21-13-7-4-8-14-21,22-15-9-5-10-16-22)23-17-11-6-12-18-23/h4-18,24-25,30H,19-20H2,1-3H3. The van der Waals surface area contributed by atoms with Crippen LogP contribution < -0.4 is 5.32 Å². The summed E-state index contributed by atoms with van der Waals surface area (Å²) in [6.45, 7) is 5.95. The minimum atomic E-state index is -0.768. The molecule has 1 N–H and O–H groups in total. The molecule has 1 saturated heterocycles. The summed E-state index contributed by atoms with van der Waals surface area (Å²) in [6.07, 6.45) is 0.566. The van der Waals surface area contributed by atoms with E-state index in [1.54, 1.807) is 20.8 Å². The van der Waals surface area contributed by atoms with Crippen LogP contribution in [0.15, 0.2) is 91.0 Å². The molecule has 3 aromatic carbocycles. The van der Waals surface area contributed by atoms with Gasteiger partial charge in [-0.3, -0.25) is 4.79 Å². The van der Waals surface area contributed by atoms with Gasteiger partial charge in [0.2, 0.25) is 0 Å². The van der Waals surface area contributed by atoms with Gasteiger partial charge in [-0.15, -0.1) is 11.8 Å². The van der Waals surface area contributed by atoms with Gasteiger partial charge in [-0.25, -0.2) is 4.79 Å². The highest BCUT2D eigenvalue weighted by molar-refractivity contribution is 8.01. The largest absolute Gasteiger partial charge is 0.454 e. The minimum absolute atomic E-state index is 0.122. The first kappa shape index (κ1) is 24.2. The zero-order valence-corrected chi connectivity index (χ0v) is 20.7. The Morgan fingerprint density at radius 1 is 0.794 bits per heavy atom. The van der Waals surface area contributed by atoms with Crippen LogP contribution in [0.3, 0.4) is 0 Å². The van der Waals surface area contributed by atoms with E-state index in [9.17, 15) is 9.59 Å². The lowest BCUT2D eigenvalue weighted by Crippen LogP contribution is -2.39. The normalized spacial score (nSPS) is 18.4. The second-order valence-electron chi connectivity index (χ2n) is 9.58. The fourth-order valence-corrected chi connectivity index (χ4v) is 6.22. The molecular weight excluding hydrogens is 442 g/mol. The molecule has 1 fully saturated rings. The molecule has 0 amide bonds. The van der Waals surface area contributed by atoms with E-state index < -0.39 is 28.1 Å². The topological polar surface area (TPSA) is 55.4 Å². The molecule has 4 rings (SSSR count). The molecule has 0 aliphatic carbocycles. The van der Waals surface area contributed by atoms with Crippen LogP contribution in [0.4, 0.5) is 0 Å². The molecule has 1 heterocycles. The van der Waals surface area contributed by atoms with Gasteiger partial charge in [0.1, 0.15) is 5.60 Å². The minimum Gasteiger partial charge on any atom is -0.454 e. The molecule has 0 aromatic heterocycles. The highest BCUT2D eigenvalue weighted by atomic mass is 32.2. The highest BCUT2D eigenvalue weighted by Crippen LogP contribution is 2.51. The lowest BCUT2D eigenvalue weighted by Gasteiger charge is -2.37. The Balaban J connectivity index is 1.68. The number of hydrogen-bond donors (Lipinski definition) is 1. The van der Waals surface area contributed by atoms with E-state index in [0.29, 0.717) is 13.0 Å². The number of rotatable bonds is 7. The molecule has 1 aliphatic heterocycles. The SMILES string of the molecule is CC(C)(C)OC(=O)C(=O)C1CC(SC(c2ccccc2)(c2ccccc2)c2ccccc2)CN1. The van der Waals surface area contributed by atoms with Crippen LogP contribution >= 0.6 is 11.8 Å². The van der Waals surface area contributed by atoms with Crippen LogP contribution in [0, 0.1) is 0 Å². The Labute approximate surface area is 206 Å². The summed E-state index contributed by atoms with van der Waals surface area (Å²) >= 11 is 1.84. The van der Waals surface area contributed by atoms with Crippen molar-refractivity contribution in [1.29, 1.82) is 0 Å². The van der Waals surface area contributed by atoms with Gasteiger partial charge in [0.25, 0.3) is 5.78 Å². The van der Waals surface area contributed by atoms with Gasteiger partial charge in [-0.05, 0) is 43.9 Å². The number of Topliss-reactive ketones (excluding diaryl/α,β-unsaturated/α-hetero) is 1. The summed E-state index contributed by atoms with van der Waals surface area (Å²) in [5.41, 5.74) is 2.85. The zero-order chi connectivity index (χ0) is 24.2. The van der Waals surface area contributed by atoms with Gasteiger partial charge in [0, 0.05) is 11.8 Å². The zero-order valence-electron chi connectivity index (χ0n) is 19.9. The van der Waals surface area contributed by atoms with Crippen molar-refractivity contribution in [3.63, 3.8) is 0 Å². The van der Waals surface area contributed by atoms with Crippen LogP contribution in [0.1, 0.15) is 43.9 Å². The third kappa shape index (κ3) is 5.26. The van der Waals surface area contributed by atoms with Crippen LogP contribution in [0.5, 0.6) is 0 Å². The third-order valence-corrected chi connectivity index (χ3v) is 7.64. The van der Waals surface area contributed by atoms with Gasteiger partial charge >= 0.3 is 5.97 Å². The first-order valence-corrected chi connectivity index (χ1v) is 12.5. The maximum absolute atomic E-state index is 12.8. The molecule has 34 heavy (non-hydrogen) atoms. The Hall–Kier alpha value is -2.89. The molecule has 2 atom stereocenters. The average molecular weight is 474 g/mol. The molecule has 2 unspecified atom stereocenters. The van der Waals surface area contributed by atoms with E-state index in [2.05, 4.69) is 78.1 Å². The number of esters is 1. The molecule has 1 aliphatic rings. The number of carbonyl (C=O) groups excluding carboxylic acids is 2. The molecule has 3 aromatic rings. The van der Waals surface area contributed by atoms with Crippen LogP contribution in [-0.4, -0.2) is 35.2 Å². The van der Waals surface area contributed by atoms with E-state index in [1.165, 1.54) is 16.7 Å². The maximum Gasteiger partial charge on any atom is 0.376 e. The fraction of sp³-hybridized carbons (Fsp3) is 0.310. The summed E-state index contributed by atoms with van der Waals surface area (Å²) in [5, 5.41) is 3.40. The number of hydrogen-bond acceptors (Lipinski definition) is 5. The molecule has 0 bridgehead atoms. The first-order chi connectivity index (χ1) is 16.3. The average Bonchev–Trinajstić information content (AvgIpc) is 3.31. The third-order valence-electron chi connectivity index (χ3n) is 5.89. The fourth-order valence-electron chi connectivity index (χ4n) is 4.44. The summed E-state index contributed by atoms with van der Waals surface area (Å²) in [6, 6.07) is 31.0. The number of ketones is 1. The quantitative estimate of drug-likeness (QED) is 0.285. The van der Waals surface area contributed by atoms with Crippen LogP contribution in [0.2, 0.25) is 0 Å². The van der Waals surface area contributed by atoms with Gasteiger partial charge < -0.3 is 10.1 Å². The smallest absolute Gasteiger partial charge is 0.376 e. The summed E-state index contributed by atoms with van der Waals surface area (Å²) in [4.78, 5) is 25.2. The number of ether oxygens (including phenoxy) is 1. The number of nitrogens with one attached hydrogen (secondary N) is 1. The Morgan fingerprint density at radius 2 is 1.24 bits per heavy atom. The predicted octanol–water partition coefficient (Wildman–Crippen LogP) is 5.35. The summed E-state index contributed by atoms with van der Waals surface area (Å²) in [5.74, 6) is -1.26. The molecule has 4 nitrogen and oxygen atoms in total. The number of benzene rings is 3. The van der Waals surface area contributed by atoms with Gasteiger partial charge in [-0.1, -0.05) is 91.0 Å². The highest BCUT2D eigenvalue weighted by Gasteiger charge is 2.43. The van der Waals surface area contributed by atoms with E-state index in [-0.39, 0.29) is 5.25 Å². The molecule has 0 saturated carbocycles. The van der Waals surface area contributed by atoms with Crippen LogP contribution in [0.25, 0.3) is 0 Å². The lowest BCUT2D eigenvalue weighted by atomic mass is 9.84. The first-order valence-electron chi connectivity index (χ1n) is 11.6. The van der Waals surface area contributed by atoms with E-state index in [1.807, 2.05) is 30.0 Å². The molecule has 176 valence electrons. The van der Waals surface area contributed by atoms with Gasteiger partial charge in [0.05, 0.1) is 10.8 Å².